The molecule has 0 radical (unpaired) electrons. The summed E-state index contributed by atoms with van der Waals surface area (Å²) in [5.74, 6) is -1.15. The van der Waals surface area contributed by atoms with Crippen molar-refractivity contribution >= 4 is 5.91 Å². The molecule has 2 rings (SSSR count). The summed E-state index contributed by atoms with van der Waals surface area (Å²) in [5, 5.41) is 0.856. The highest BCUT2D eigenvalue weighted by atomic mass is 19.4. The number of carbonyl (C=O) groups is 1. The van der Waals surface area contributed by atoms with Crippen molar-refractivity contribution in [2.75, 3.05) is 6.54 Å². The summed E-state index contributed by atoms with van der Waals surface area (Å²) in [6.45, 7) is 3.06. The van der Waals surface area contributed by atoms with Crippen LogP contribution in [-0.4, -0.2) is 29.7 Å². The number of halogens is 4. The van der Waals surface area contributed by atoms with Gasteiger partial charge in [-0.2, -0.15) is 13.2 Å². The largest absolute Gasteiger partial charge is 0.406 e. The first-order valence-corrected chi connectivity index (χ1v) is 6.49. The molecule has 1 unspecified atom stereocenters. The molecule has 0 saturated carbocycles. The van der Waals surface area contributed by atoms with Crippen LogP contribution in [0.25, 0.3) is 0 Å². The number of carbonyl (C=O) groups excluding carboxylic acids is 1. The Morgan fingerprint density at radius 1 is 1.33 bits per heavy atom. The molecule has 1 aromatic rings. The quantitative estimate of drug-likeness (QED) is 0.871. The predicted molar refractivity (Wildman–Crippen MR) is 68.6 cm³/mol. The van der Waals surface area contributed by atoms with Crippen molar-refractivity contribution in [1.82, 2.24) is 10.4 Å². The first-order chi connectivity index (χ1) is 9.61. The molecule has 0 aromatic heterocycles. The SMILES string of the molecule is CC1(C)CN(C(Cc2ccccc2F)C(F)(F)F)NC1=O. The molecule has 1 amide bonds. The Labute approximate surface area is 119 Å². The Morgan fingerprint density at radius 3 is 2.43 bits per heavy atom. The van der Waals surface area contributed by atoms with Crippen molar-refractivity contribution < 1.29 is 22.4 Å². The monoisotopic (exact) mass is 304 g/mol. The number of alkyl halides is 3. The third kappa shape index (κ3) is 3.34. The lowest BCUT2D eigenvalue weighted by molar-refractivity contribution is -0.188. The second-order valence-electron chi connectivity index (χ2n) is 5.81. The molecule has 1 saturated heterocycles. The van der Waals surface area contributed by atoms with Gasteiger partial charge in [-0.1, -0.05) is 18.2 Å². The molecule has 1 N–H and O–H groups in total. The van der Waals surface area contributed by atoms with Crippen molar-refractivity contribution in [2.24, 2.45) is 5.41 Å². The van der Waals surface area contributed by atoms with Crippen LogP contribution in [0.1, 0.15) is 19.4 Å². The number of hydrogen-bond acceptors (Lipinski definition) is 2. The average molecular weight is 304 g/mol. The summed E-state index contributed by atoms with van der Waals surface area (Å²) >= 11 is 0. The van der Waals surface area contributed by atoms with Gasteiger partial charge in [0.1, 0.15) is 11.9 Å². The molecule has 0 bridgehead atoms. The summed E-state index contributed by atoms with van der Waals surface area (Å²) in [6.07, 6.45) is -5.12. The van der Waals surface area contributed by atoms with Crippen LogP contribution in [0, 0.1) is 11.2 Å². The Kier molecular flexibility index (Phi) is 3.97. The minimum atomic E-state index is -4.57. The van der Waals surface area contributed by atoms with Gasteiger partial charge in [-0.05, 0) is 25.5 Å². The zero-order chi connectivity index (χ0) is 15.8. The standard InChI is InChI=1S/C14H16F4N2O/c1-13(2)8-20(19-12(13)21)11(14(16,17)18)7-9-5-3-4-6-10(9)15/h3-6,11H,7-8H2,1-2H3,(H,19,21). The Bertz CT molecular complexity index is 542. The molecular weight excluding hydrogens is 288 g/mol. The van der Waals surface area contributed by atoms with Gasteiger partial charge in [-0.25, -0.2) is 9.40 Å². The average Bonchev–Trinajstić information content (AvgIpc) is 2.61. The summed E-state index contributed by atoms with van der Waals surface area (Å²) in [4.78, 5) is 11.7. The van der Waals surface area contributed by atoms with E-state index in [0.29, 0.717) is 0 Å². The topological polar surface area (TPSA) is 32.3 Å². The van der Waals surface area contributed by atoms with Gasteiger partial charge in [0.25, 0.3) is 0 Å². The van der Waals surface area contributed by atoms with Crippen LogP contribution in [0.3, 0.4) is 0 Å². The van der Waals surface area contributed by atoms with Gasteiger partial charge >= 0.3 is 6.18 Å². The number of nitrogens with zero attached hydrogens (tertiary/aromatic N) is 1. The molecule has 1 aromatic carbocycles. The van der Waals surface area contributed by atoms with Gasteiger partial charge in [-0.3, -0.25) is 10.2 Å². The van der Waals surface area contributed by atoms with E-state index in [4.69, 9.17) is 0 Å². The Morgan fingerprint density at radius 2 is 1.95 bits per heavy atom. The van der Waals surface area contributed by atoms with E-state index in [0.717, 1.165) is 11.1 Å². The van der Waals surface area contributed by atoms with E-state index in [1.54, 1.807) is 13.8 Å². The van der Waals surface area contributed by atoms with Crippen LogP contribution in [0.15, 0.2) is 24.3 Å². The number of amides is 1. The van der Waals surface area contributed by atoms with Gasteiger partial charge in [-0.15, -0.1) is 0 Å². The van der Waals surface area contributed by atoms with Crippen molar-refractivity contribution in [1.29, 1.82) is 0 Å². The molecule has 1 aliphatic heterocycles. The fraction of sp³-hybridized carbons (Fsp3) is 0.500. The van der Waals surface area contributed by atoms with Crippen LogP contribution in [0.5, 0.6) is 0 Å². The molecule has 1 aliphatic rings. The summed E-state index contributed by atoms with van der Waals surface area (Å²) in [6, 6.07) is 3.38. The maximum atomic E-state index is 13.6. The lowest BCUT2D eigenvalue weighted by Crippen LogP contribution is -2.51. The first-order valence-electron chi connectivity index (χ1n) is 6.49. The van der Waals surface area contributed by atoms with Crippen LogP contribution >= 0.6 is 0 Å². The smallest absolute Gasteiger partial charge is 0.288 e. The third-order valence-corrected chi connectivity index (χ3v) is 3.55. The Hall–Kier alpha value is -1.63. The second-order valence-corrected chi connectivity index (χ2v) is 5.81. The summed E-state index contributed by atoms with van der Waals surface area (Å²) in [7, 11) is 0. The molecule has 1 atom stereocenters. The summed E-state index contributed by atoms with van der Waals surface area (Å²) in [5.41, 5.74) is 1.31. The van der Waals surface area contributed by atoms with E-state index in [1.807, 2.05) is 0 Å². The van der Waals surface area contributed by atoms with Gasteiger partial charge in [0, 0.05) is 13.0 Å². The van der Waals surface area contributed by atoms with E-state index >= 15 is 0 Å². The highest BCUT2D eigenvalue weighted by Crippen LogP contribution is 2.32. The minimum absolute atomic E-state index is 0.0289. The summed E-state index contributed by atoms with van der Waals surface area (Å²) < 4.78 is 53.3. The van der Waals surface area contributed by atoms with E-state index in [2.05, 4.69) is 5.43 Å². The van der Waals surface area contributed by atoms with Crippen molar-refractivity contribution in [3.8, 4) is 0 Å². The highest BCUT2D eigenvalue weighted by molar-refractivity contribution is 5.83. The lowest BCUT2D eigenvalue weighted by atomic mass is 9.94. The number of nitrogens with one attached hydrogen (secondary N) is 1. The molecule has 1 heterocycles. The normalized spacial score (nSPS) is 20.4. The Balaban J connectivity index is 2.25. The van der Waals surface area contributed by atoms with Gasteiger partial charge < -0.3 is 0 Å². The van der Waals surface area contributed by atoms with E-state index in [-0.39, 0.29) is 12.1 Å². The molecule has 0 aliphatic carbocycles. The van der Waals surface area contributed by atoms with Crippen molar-refractivity contribution in [3.63, 3.8) is 0 Å². The van der Waals surface area contributed by atoms with Gasteiger partial charge in [0.15, 0.2) is 0 Å². The fourth-order valence-electron chi connectivity index (χ4n) is 2.28. The van der Waals surface area contributed by atoms with Crippen LogP contribution in [0.2, 0.25) is 0 Å². The lowest BCUT2D eigenvalue weighted by Gasteiger charge is -2.29. The van der Waals surface area contributed by atoms with E-state index < -0.39 is 35.8 Å². The molecule has 21 heavy (non-hydrogen) atoms. The molecular formula is C14H16F4N2O. The van der Waals surface area contributed by atoms with Crippen LogP contribution < -0.4 is 5.43 Å². The van der Waals surface area contributed by atoms with E-state index in [1.165, 1.54) is 18.2 Å². The third-order valence-electron chi connectivity index (χ3n) is 3.55. The zero-order valence-electron chi connectivity index (χ0n) is 11.7. The maximum Gasteiger partial charge on any atom is 0.406 e. The van der Waals surface area contributed by atoms with Gasteiger partial charge in [0.2, 0.25) is 5.91 Å². The van der Waals surface area contributed by atoms with Crippen LogP contribution in [-0.2, 0) is 11.2 Å². The van der Waals surface area contributed by atoms with Crippen molar-refractivity contribution in [3.05, 3.63) is 35.6 Å². The zero-order valence-corrected chi connectivity index (χ0v) is 11.7. The van der Waals surface area contributed by atoms with Gasteiger partial charge in [0.05, 0.1) is 5.41 Å². The molecule has 3 nitrogen and oxygen atoms in total. The van der Waals surface area contributed by atoms with E-state index in [9.17, 15) is 22.4 Å². The minimum Gasteiger partial charge on any atom is -0.288 e. The fourth-order valence-corrected chi connectivity index (χ4v) is 2.28. The highest BCUT2D eigenvalue weighted by Gasteiger charge is 2.50. The molecule has 116 valence electrons. The second kappa shape index (κ2) is 5.29. The molecule has 7 heteroatoms. The van der Waals surface area contributed by atoms with Crippen LogP contribution in [0.4, 0.5) is 17.6 Å². The maximum absolute atomic E-state index is 13.6. The molecule has 0 spiro atoms. The molecule has 1 fully saturated rings. The van der Waals surface area contributed by atoms with Crippen molar-refractivity contribution in [2.45, 2.75) is 32.5 Å². The number of hydrogen-bond donors (Lipinski definition) is 1. The number of rotatable bonds is 3. The first kappa shape index (κ1) is 15.8. The number of hydrazine groups is 1. The number of benzene rings is 1. The predicted octanol–water partition coefficient (Wildman–Crippen LogP) is 2.67.